The number of aromatic nitrogens is 1. The van der Waals surface area contributed by atoms with Gasteiger partial charge >= 0.3 is 5.97 Å². The highest BCUT2D eigenvalue weighted by atomic mass is 79.9. The molecule has 2 rings (SSSR count). The highest BCUT2D eigenvalue weighted by Crippen LogP contribution is 2.35. The quantitative estimate of drug-likeness (QED) is 0.846. The molecular weight excluding hydrogens is 350 g/mol. The van der Waals surface area contributed by atoms with Crippen molar-refractivity contribution < 1.29 is 14.3 Å². The lowest BCUT2D eigenvalue weighted by Gasteiger charge is -2.15. The van der Waals surface area contributed by atoms with E-state index in [1.165, 1.54) is 25.0 Å². The largest absolute Gasteiger partial charge is 0.494 e. The van der Waals surface area contributed by atoms with Crippen molar-refractivity contribution in [3.05, 3.63) is 39.6 Å². The molecule has 6 nitrogen and oxygen atoms in total. The molecule has 0 atom stereocenters. The number of nitrogens with zero attached hydrogens (tertiary/aromatic N) is 2. The second kappa shape index (κ2) is 6.12. The van der Waals surface area contributed by atoms with Gasteiger partial charge in [0, 0.05) is 16.2 Å². The number of anilines is 1. The van der Waals surface area contributed by atoms with Gasteiger partial charge in [-0.25, -0.2) is 4.79 Å². The maximum absolute atomic E-state index is 12.0. The Labute approximate surface area is 136 Å². The standard InChI is InChI=1S/C15H14BrN3O3/c1-8-10(16)4-5-11(14(8)21-2)19-7-9(6-17)12(18)13(19)15(20)22-3/h4-5,7H,18H2,1-3H3. The lowest BCUT2D eigenvalue weighted by molar-refractivity contribution is 0.0593. The van der Waals surface area contributed by atoms with E-state index in [1.54, 1.807) is 6.07 Å². The van der Waals surface area contributed by atoms with Crippen LogP contribution in [0.3, 0.4) is 0 Å². The van der Waals surface area contributed by atoms with E-state index in [-0.39, 0.29) is 16.9 Å². The van der Waals surface area contributed by atoms with Crippen molar-refractivity contribution in [1.82, 2.24) is 4.57 Å². The Bertz CT molecular complexity index is 790. The molecule has 2 N–H and O–H groups in total. The number of methoxy groups -OCH3 is 2. The number of benzene rings is 1. The smallest absolute Gasteiger partial charge is 0.357 e. The maximum Gasteiger partial charge on any atom is 0.357 e. The number of rotatable bonds is 3. The van der Waals surface area contributed by atoms with Crippen LogP contribution in [0.15, 0.2) is 22.8 Å². The van der Waals surface area contributed by atoms with E-state index in [4.69, 9.17) is 20.5 Å². The average molecular weight is 364 g/mol. The fourth-order valence-corrected chi connectivity index (χ4v) is 2.52. The highest BCUT2D eigenvalue weighted by molar-refractivity contribution is 9.10. The van der Waals surface area contributed by atoms with Crippen LogP contribution < -0.4 is 10.5 Å². The Morgan fingerprint density at radius 1 is 1.41 bits per heavy atom. The molecule has 0 aliphatic rings. The van der Waals surface area contributed by atoms with E-state index in [1.807, 2.05) is 19.1 Å². The molecule has 0 aliphatic carbocycles. The Morgan fingerprint density at radius 3 is 2.64 bits per heavy atom. The monoisotopic (exact) mass is 363 g/mol. The van der Waals surface area contributed by atoms with Crippen LogP contribution in [0.1, 0.15) is 21.6 Å². The van der Waals surface area contributed by atoms with Crippen LogP contribution in [0.4, 0.5) is 5.69 Å². The molecule has 0 saturated heterocycles. The molecule has 1 aromatic carbocycles. The maximum atomic E-state index is 12.0. The molecule has 114 valence electrons. The Balaban J connectivity index is 2.81. The van der Waals surface area contributed by atoms with Crippen LogP contribution >= 0.6 is 15.9 Å². The number of carbonyl (C=O) groups excluding carboxylic acids is 1. The van der Waals surface area contributed by atoms with Crippen LogP contribution in [0.25, 0.3) is 5.69 Å². The third-order valence-corrected chi connectivity index (χ3v) is 4.19. The van der Waals surface area contributed by atoms with Gasteiger partial charge in [-0.05, 0) is 19.1 Å². The summed E-state index contributed by atoms with van der Waals surface area (Å²) in [5.41, 5.74) is 7.72. The van der Waals surface area contributed by atoms with Gasteiger partial charge in [-0.3, -0.25) is 0 Å². The van der Waals surface area contributed by atoms with Crippen molar-refractivity contribution in [2.24, 2.45) is 0 Å². The third kappa shape index (κ3) is 2.42. The van der Waals surface area contributed by atoms with Crippen molar-refractivity contribution in [2.75, 3.05) is 20.0 Å². The second-order valence-corrected chi connectivity index (χ2v) is 5.36. The number of esters is 1. The van der Waals surface area contributed by atoms with Gasteiger partial charge in [-0.2, -0.15) is 5.26 Å². The van der Waals surface area contributed by atoms with Gasteiger partial charge in [-0.1, -0.05) is 15.9 Å². The lowest BCUT2D eigenvalue weighted by atomic mass is 10.2. The summed E-state index contributed by atoms with van der Waals surface area (Å²) in [5.74, 6) is -0.0550. The molecule has 0 bridgehead atoms. The number of hydrogen-bond donors (Lipinski definition) is 1. The van der Waals surface area contributed by atoms with Crippen LogP contribution in [0, 0.1) is 18.3 Å². The molecule has 0 aliphatic heterocycles. The molecular formula is C15H14BrN3O3. The van der Waals surface area contributed by atoms with Gasteiger partial charge in [0.1, 0.15) is 11.8 Å². The summed E-state index contributed by atoms with van der Waals surface area (Å²) in [6, 6.07) is 5.56. The number of ether oxygens (including phenoxy) is 2. The predicted octanol–water partition coefficient (Wildman–Crippen LogP) is 2.80. The van der Waals surface area contributed by atoms with Crippen LogP contribution in [-0.4, -0.2) is 24.8 Å². The van der Waals surface area contributed by atoms with E-state index < -0.39 is 5.97 Å². The molecule has 0 radical (unpaired) electrons. The number of hydrogen-bond acceptors (Lipinski definition) is 5. The van der Waals surface area contributed by atoms with Crippen molar-refractivity contribution in [1.29, 1.82) is 5.26 Å². The third-order valence-electron chi connectivity index (χ3n) is 3.33. The number of nitrogens with two attached hydrogens (primary N) is 1. The molecule has 1 heterocycles. The van der Waals surface area contributed by atoms with Gasteiger partial charge < -0.3 is 19.8 Å². The molecule has 0 amide bonds. The molecule has 22 heavy (non-hydrogen) atoms. The zero-order valence-corrected chi connectivity index (χ0v) is 13.9. The van der Waals surface area contributed by atoms with Crippen LogP contribution in [0.5, 0.6) is 5.75 Å². The van der Waals surface area contributed by atoms with E-state index >= 15 is 0 Å². The minimum atomic E-state index is -0.623. The summed E-state index contributed by atoms with van der Waals surface area (Å²) in [4.78, 5) is 12.0. The topological polar surface area (TPSA) is 90.3 Å². The molecule has 0 fully saturated rings. The Hall–Kier alpha value is -2.46. The molecule has 0 unspecified atom stereocenters. The molecule has 1 aromatic heterocycles. The van der Waals surface area contributed by atoms with E-state index in [0.29, 0.717) is 11.4 Å². The number of nitrogen functional groups attached to an aromatic ring is 1. The number of halogens is 1. The van der Waals surface area contributed by atoms with Crippen molar-refractivity contribution in [3.8, 4) is 17.5 Å². The summed E-state index contributed by atoms with van der Waals surface area (Å²) in [7, 11) is 2.80. The van der Waals surface area contributed by atoms with Gasteiger partial charge in [-0.15, -0.1) is 0 Å². The average Bonchev–Trinajstić information content (AvgIpc) is 2.85. The fourth-order valence-electron chi connectivity index (χ4n) is 2.21. The van der Waals surface area contributed by atoms with Gasteiger partial charge in [0.25, 0.3) is 0 Å². The summed E-state index contributed by atoms with van der Waals surface area (Å²) in [5, 5.41) is 9.15. The van der Waals surface area contributed by atoms with Crippen molar-refractivity contribution in [3.63, 3.8) is 0 Å². The Morgan fingerprint density at radius 2 is 2.09 bits per heavy atom. The fraction of sp³-hybridized carbons (Fsp3) is 0.200. The number of nitriles is 1. The minimum absolute atomic E-state index is 0.0805. The SMILES string of the molecule is COC(=O)c1c(N)c(C#N)cn1-c1ccc(Br)c(C)c1OC. The van der Waals surface area contributed by atoms with Gasteiger partial charge in [0.2, 0.25) is 0 Å². The zero-order valence-electron chi connectivity index (χ0n) is 12.3. The highest BCUT2D eigenvalue weighted by Gasteiger charge is 2.24. The van der Waals surface area contributed by atoms with E-state index in [0.717, 1.165) is 10.0 Å². The minimum Gasteiger partial charge on any atom is -0.494 e. The zero-order chi connectivity index (χ0) is 16.4. The van der Waals surface area contributed by atoms with Crippen LogP contribution in [0.2, 0.25) is 0 Å². The molecule has 7 heteroatoms. The first-order valence-corrected chi connectivity index (χ1v) is 7.08. The van der Waals surface area contributed by atoms with Gasteiger partial charge in [0.05, 0.1) is 31.2 Å². The first kappa shape index (κ1) is 15.9. The van der Waals surface area contributed by atoms with E-state index in [2.05, 4.69) is 15.9 Å². The summed E-state index contributed by atoms with van der Waals surface area (Å²) in [6.45, 7) is 1.88. The molecule has 0 saturated carbocycles. The molecule has 0 spiro atoms. The molecule has 2 aromatic rings. The normalized spacial score (nSPS) is 10.1. The van der Waals surface area contributed by atoms with Gasteiger partial charge in [0.15, 0.2) is 5.69 Å². The summed E-state index contributed by atoms with van der Waals surface area (Å²) >= 11 is 3.43. The van der Waals surface area contributed by atoms with Crippen LogP contribution in [-0.2, 0) is 4.74 Å². The Kier molecular flexibility index (Phi) is 4.43. The first-order valence-electron chi connectivity index (χ1n) is 6.28. The predicted molar refractivity (Wildman–Crippen MR) is 85.2 cm³/mol. The first-order chi connectivity index (χ1) is 10.5. The van der Waals surface area contributed by atoms with Crippen molar-refractivity contribution in [2.45, 2.75) is 6.92 Å². The summed E-state index contributed by atoms with van der Waals surface area (Å²) < 4.78 is 12.6. The number of carbonyl (C=O) groups is 1. The van der Waals surface area contributed by atoms with Crippen molar-refractivity contribution >= 4 is 27.6 Å². The van der Waals surface area contributed by atoms with E-state index in [9.17, 15) is 4.79 Å². The second-order valence-electron chi connectivity index (χ2n) is 4.50. The lowest BCUT2D eigenvalue weighted by Crippen LogP contribution is -2.12. The summed E-state index contributed by atoms with van der Waals surface area (Å²) in [6.07, 6.45) is 1.49.